The lowest BCUT2D eigenvalue weighted by Gasteiger charge is -2.35. The van der Waals surface area contributed by atoms with Crippen LogP contribution in [0, 0.1) is 11.3 Å². The van der Waals surface area contributed by atoms with E-state index < -0.39 is 5.60 Å². The maximum atomic E-state index is 10.3. The summed E-state index contributed by atoms with van der Waals surface area (Å²) in [4.78, 5) is 2.63. The van der Waals surface area contributed by atoms with Gasteiger partial charge in [-0.05, 0) is 63.5 Å². The molecule has 1 saturated heterocycles. The molecule has 1 atom stereocenters. The number of nitrogens with zero attached hydrogens (tertiary/aromatic N) is 1. The van der Waals surface area contributed by atoms with Gasteiger partial charge in [-0.15, -0.1) is 0 Å². The van der Waals surface area contributed by atoms with Crippen LogP contribution < -0.4 is 5.32 Å². The van der Waals surface area contributed by atoms with Crippen LogP contribution in [-0.2, 0) is 0 Å². The predicted molar refractivity (Wildman–Crippen MR) is 89.5 cm³/mol. The Morgan fingerprint density at radius 3 is 2.43 bits per heavy atom. The van der Waals surface area contributed by atoms with Crippen molar-refractivity contribution in [2.24, 2.45) is 11.3 Å². The van der Waals surface area contributed by atoms with Crippen molar-refractivity contribution in [1.29, 1.82) is 0 Å². The van der Waals surface area contributed by atoms with Gasteiger partial charge in [-0.3, -0.25) is 0 Å². The minimum atomic E-state index is -0.437. The van der Waals surface area contributed by atoms with Crippen molar-refractivity contribution in [2.75, 3.05) is 32.7 Å². The molecule has 3 heteroatoms. The molecule has 21 heavy (non-hydrogen) atoms. The SMILES string of the molecule is CC(C)CNCC1(CN2CCCC(C)(O)CC2)CCCC1. The van der Waals surface area contributed by atoms with E-state index in [4.69, 9.17) is 0 Å². The molecule has 0 bridgehead atoms. The van der Waals surface area contributed by atoms with Crippen LogP contribution in [0.5, 0.6) is 0 Å². The normalized spacial score (nSPS) is 30.7. The van der Waals surface area contributed by atoms with Crippen molar-refractivity contribution in [2.45, 2.75) is 71.3 Å². The van der Waals surface area contributed by atoms with Crippen molar-refractivity contribution < 1.29 is 5.11 Å². The maximum Gasteiger partial charge on any atom is 0.0632 e. The molecule has 1 unspecified atom stereocenters. The Balaban J connectivity index is 1.87. The van der Waals surface area contributed by atoms with Gasteiger partial charge in [0.15, 0.2) is 0 Å². The van der Waals surface area contributed by atoms with Gasteiger partial charge in [0.25, 0.3) is 0 Å². The van der Waals surface area contributed by atoms with Crippen molar-refractivity contribution in [3.05, 3.63) is 0 Å². The smallest absolute Gasteiger partial charge is 0.0632 e. The summed E-state index contributed by atoms with van der Waals surface area (Å²) in [6, 6.07) is 0. The summed E-state index contributed by atoms with van der Waals surface area (Å²) in [5.74, 6) is 0.733. The molecule has 0 aromatic rings. The first-order valence-corrected chi connectivity index (χ1v) is 9.06. The second-order valence-electron chi connectivity index (χ2n) is 8.36. The molecule has 1 aliphatic carbocycles. The van der Waals surface area contributed by atoms with Gasteiger partial charge in [0, 0.05) is 19.6 Å². The highest BCUT2D eigenvalue weighted by Gasteiger charge is 2.36. The van der Waals surface area contributed by atoms with Gasteiger partial charge < -0.3 is 15.3 Å². The van der Waals surface area contributed by atoms with Gasteiger partial charge in [0.1, 0.15) is 0 Å². The largest absolute Gasteiger partial charge is 0.390 e. The molecular weight excluding hydrogens is 260 g/mol. The van der Waals surface area contributed by atoms with E-state index in [-0.39, 0.29) is 0 Å². The molecule has 3 nitrogen and oxygen atoms in total. The fourth-order valence-electron chi connectivity index (χ4n) is 4.09. The van der Waals surface area contributed by atoms with Crippen LogP contribution in [0.3, 0.4) is 0 Å². The highest BCUT2D eigenvalue weighted by atomic mass is 16.3. The fraction of sp³-hybridized carbons (Fsp3) is 1.00. The highest BCUT2D eigenvalue weighted by Crippen LogP contribution is 2.39. The van der Waals surface area contributed by atoms with Gasteiger partial charge >= 0.3 is 0 Å². The number of hydrogen-bond donors (Lipinski definition) is 2. The van der Waals surface area contributed by atoms with Crippen LogP contribution in [0.15, 0.2) is 0 Å². The molecule has 2 rings (SSSR count). The Kier molecular flexibility index (Phi) is 6.10. The average Bonchev–Trinajstić information content (AvgIpc) is 2.77. The lowest BCUT2D eigenvalue weighted by atomic mass is 9.85. The first-order valence-electron chi connectivity index (χ1n) is 9.06. The molecule has 2 fully saturated rings. The number of aliphatic hydroxyl groups is 1. The molecule has 0 aromatic carbocycles. The molecule has 1 heterocycles. The van der Waals surface area contributed by atoms with Crippen molar-refractivity contribution >= 4 is 0 Å². The lowest BCUT2D eigenvalue weighted by molar-refractivity contribution is 0.0427. The molecular formula is C18H36N2O. The third-order valence-electron chi connectivity index (χ3n) is 5.43. The lowest BCUT2D eigenvalue weighted by Crippen LogP contribution is -2.44. The number of hydrogen-bond acceptors (Lipinski definition) is 3. The van der Waals surface area contributed by atoms with E-state index in [1.165, 1.54) is 45.3 Å². The van der Waals surface area contributed by atoms with Gasteiger partial charge in [-0.25, -0.2) is 0 Å². The zero-order valence-electron chi connectivity index (χ0n) is 14.5. The van der Waals surface area contributed by atoms with Gasteiger partial charge in [0.05, 0.1) is 5.60 Å². The third kappa shape index (κ3) is 5.54. The Hall–Kier alpha value is -0.120. The second-order valence-corrected chi connectivity index (χ2v) is 8.36. The van der Waals surface area contributed by atoms with E-state index in [0.717, 1.165) is 38.3 Å². The zero-order valence-corrected chi connectivity index (χ0v) is 14.5. The number of likely N-dealkylation sites (tertiary alicyclic amines) is 1. The summed E-state index contributed by atoms with van der Waals surface area (Å²) < 4.78 is 0. The molecule has 2 N–H and O–H groups in total. The highest BCUT2D eigenvalue weighted by molar-refractivity contribution is 4.91. The second kappa shape index (κ2) is 7.43. The summed E-state index contributed by atoms with van der Waals surface area (Å²) in [5.41, 5.74) is 0.0541. The molecule has 124 valence electrons. The Bertz CT molecular complexity index is 308. The van der Waals surface area contributed by atoms with Crippen LogP contribution in [-0.4, -0.2) is 48.3 Å². The summed E-state index contributed by atoms with van der Waals surface area (Å²) in [6.45, 7) is 12.4. The molecule has 0 aromatic heterocycles. The Morgan fingerprint density at radius 2 is 1.76 bits per heavy atom. The van der Waals surface area contributed by atoms with E-state index in [1.807, 2.05) is 6.92 Å². The summed E-state index contributed by atoms with van der Waals surface area (Å²) in [6.07, 6.45) is 8.59. The average molecular weight is 296 g/mol. The van der Waals surface area contributed by atoms with Crippen molar-refractivity contribution in [1.82, 2.24) is 10.2 Å². The molecule has 1 aliphatic heterocycles. The quantitative estimate of drug-likeness (QED) is 0.791. The topological polar surface area (TPSA) is 35.5 Å². The predicted octanol–water partition coefficient (Wildman–Crippen LogP) is 3.03. The van der Waals surface area contributed by atoms with Crippen LogP contribution in [0.1, 0.15) is 65.7 Å². The molecule has 0 amide bonds. The van der Waals surface area contributed by atoms with Gasteiger partial charge in [-0.2, -0.15) is 0 Å². The minimum Gasteiger partial charge on any atom is -0.390 e. The molecule has 0 spiro atoms. The van der Waals surface area contributed by atoms with Crippen LogP contribution in [0.4, 0.5) is 0 Å². The zero-order chi connectivity index (χ0) is 15.3. The van der Waals surface area contributed by atoms with Crippen molar-refractivity contribution in [3.8, 4) is 0 Å². The van der Waals surface area contributed by atoms with E-state index in [1.54, 1.807) is 0 Å². The maximum absolute atomic E-state index is 10.3. The van der Waals surface area contributed by atoms with Gasteiger partial charge in [0.2, 0.25) is 0 Å². The summed E-state index contributed by atoms with van der Waals surface area (Å²) >= 11 is 0. The van der Waals surface area contributed by atoms with Crippen LogP contribution >= 0.6 is 0 Å². The molecule has 2 aliphatic rings. The van der Waals surface area contributed by atoms with E-state index >= 15 is 0 Å². The summed E-state index contributed by atoms with van der Waals surface area (Å²) in [5, 5.41) is 14.0. The first kappa shape index (κ1) is 17.2. The minimum absolute atomic E-state index is 0.437. The van der Waals surface area contributed by atoms with Crippen molar-refractivity contribution in [3.63, 3.8) is 0 Å². The first-order chi connectivity index (χ1) is 9.91. The Morgan fingerprint density at radius 1 is 1.05 bits per heavy atom. The van der Waals surface area contributed by atoms with E-state index in [2.05, 4.69) is 24.1 Å². The summed E-state index contributed by atoms with van der Waals surface area (Å²) in [7, 11) is 0. The van der Waals surface area contributed by atoms with Crippen LogP contribution in [0.25, 0.3) is 0 Å². The standard InChI is InChI=1S/C18H36N2O/c1-16(2)13-19-14-18(8-4-5-9-18)15-20-11-6-7-17(3,21)10-12-20/h16,19,21H,4-15H2,1-3H3. The van der Waals surface area contributed by atoms with E-state index in [9.17, 15) is 5.11 Å². The fourth-order valence-corrected chi connectivity index (χ4v) is 4.09. The third-order valence-corrected chi connectivity index (χ3v) is 5.43. The number of rotatable bonds is 6. The molecule has 0 radical (unpaired) electrons. The van der Waals surface area contributed by atoms with E-state index in [0.29, 0.717) is 5.41 Å². The van der Waals surface area contributed by atoms with Gasteiger partial charge in [-0.1, -0.05) is 26.7 Å². The van der Waals surface area contributed by atoms with Crippen LogP contribution in [0.2, 0.25) is 0 Å². The monoisotopic (exact) mass is 296 g/mol. The Labute approximate surface area is 131 Å². The number of nitrogens with one attached hydrogen (secondary N) is 1. The molecule has 1 saturated carbocycles.